The van der Waals surface area contributed by atoms with E-state index in [2.05, 4.69) is 0 Å². The van der Waals surface area contributed by atoms with Gasteiger partial charge in [-0.2, -0.15) is 0 Å². The van der Waals surface area contributed by atoms with Gasteiger partial charge in [0, 0.05) is 6.61 Å². The minimum atomic E-state index is -0.501. The molecule has 0 rings (SSSR count). The lowest BCUT2D eigenvalue weighted by molar-refractivity contribution is -0.107. The predicted molar refractivity (Wildman–Crippen MR) is 31.7 cm³/mol. The van der Waals surface area contributed by atoms with E-state index in [1.165, 1.54) is 12.2 Å². The molecule has 1 N–H and O–H groups in total. The monoisotopic (exact) mass is 134 g/mol. The zero-order valence-electron chi connectivity index (χ0n) is 4.30. The summed E-state index contributed by atoms with van der Waals surface area (Å²) in [6.07, 6.45) is 3.23. The first-order chi connectivity index (χ1) is 3.77. The van der Waals surface area contributed by atoms with Crippen LogP contribution in [0.5, 0.6) is 0 Å². The van der Waals surface area contributed by atoms with Gasteiger partial charge in [-0.3, -0.25) is 4.79 Å². The Morgan fingerprint density at radius 2 is 2.38 bits per heavy atom. The van der Waals surface area contributed by atoms with Crippen molar-refractivity contribution in [2.75, 3.05) is 6.61 Å². The summed E-state index contributed by atoms with van der Waals surface area (Å²) >= 11 is 4.91. The summed E-state index contributed by atoms with van der Waals surface area (Å²) < 4.78 is 0. The van der Waals surface area contributed by atoms with E-state index < -0.39 is 5.24 Å². The number of hydrogen-bond donors (Lipinski definition) is 1. The number of carbonyl (C=O) groups is 1. The molecular weight excluding hydrogens is 128 g/mol. The highest BCUT2D eigenvalue weighted by Crippen LogP contribution is 1.84. The average molecular weight is 135 g/mol. The molecule has 3 heteroatoms. The smallest absolute Gasteiger partial charge is 0.244 e. The van der Waals surface area contributed by atoms with Crippen LogP contribution in [0.3, 0.4) is 0 Å². The van der Waals surface area contributed by atoms with Crippen LogP contribution >= 0.6 is 11.6 Å². The summed E-state index contributed by atoms with van der Waals surface area (Å²) in [4.78, 5) is 9.92. The number of allylic oxidation sites excluding steroid dienone is 1. The van der Waals surface area contributed by atoms with Gasteiger partial charge in [-0.25, -0.2) is 0 Å². The number of halogens is 1. The van der Waals surface area contributed by atoms with Gasteiger partial charge in [0.05, 0.1) is 0 Å². The van der Waals surface area contributed by atoms with E-state index in [1.807, 2.05) is 0 Å². The fourth-order valence-electron chi connectivity index (χ4n) is 0.251. The van der Waals surface area contributed by atoms with Crippen LogP contribution in [-0.4, -0.2) is 17.0 Å². The first kappa shape index (κ1) is 7.66. The highest BCUT2D eigenvalue weighted by Gasteiger charge is 1.81. The van der Waals surface area contributed by atoms with Gasteiger partial charge >= 0.3 is 0 Å². The number of hydrogen-bond acceptors (Lipinski definition) is 2. The van der Waals surface area contributed by atoms with Crippen LogP contribution in [0.1, 0.15) is 6.42 Å². The summed E-state index contributed by atoms with van der Waals surface area (Å²) in [6, 6.07) is 0. The van der Waals surface area contributed by atoms with Gasteiger partial charge in [-0.1, -0.05) is 6.08 Å². The second kappa shape index (κ2) is 4.81. The normalized spacial score (nSPS) is 10.2. The van der Waals surface area contributed by atoms with Gasteiger partial charge in [0.1, 0.15) is 0 Å². The topological polar surface area (TPSA) is 37.3 Å². The van der Waals surface area contributed by atoms with Crippen molar-refractivity contribution in [2.24, 2.45) is 0 Å². The third kappa shape index (κ3) is 5.66. The van der Waals surface area contributed by atoms with E-state index in [1.54, 1.807) is 0 Å². The zero-order chi connectivity index (χ0) is 6.41. The van der Waals surface area contributed by atoms with Crippen LogP contribution in [-0.2, 0) is 4.79 Å². The SMILES string of the molecule is O=C(Cl)C=CCCO. The van der Waals surface area contributed by atoms with Crippen molar-refractivity contribution in [1.29, 1.82) is 0 Å². The Bertz CT molecular complexity index is 98.6. The van der Waals surface area contributed by atoms with Crippen molar-refractivity contribution in [3.8, 4) is 0 Å². The second-order valence-electron chi connectivity index (χ2n) is 1.22. The van der Waals surface area contributed by atoms with Gasteiger partial charge in [0.15, 0.2) is 0 Å². The summed E-state index contributed by atoms with van der Waals surface area (Å²) in [5.74, 6) is 0. The summed E-state index contributed by atoms with van der Waals surface area (Å²) in [7, 11) is 0. The number of aliphatic hydroxyl groups is 1. The fraction of sp³-hybridized carbons (Fsp3) is 0.400. The minimum absolute atomic E-state index is 0.0562. The maximum atomic E-state index is 9.92. The van der Waals surface area contributed by atoms with Crippen LogP contribution in [0.15, 0.2) is 12.2 Å². The molecule has 46 valence electrons. The van der Waals surface area contributed by atoms with E-state index in [0.29, 0.717) is 6.42 Å². The van der Waals surface area contributed by atoms with Gasteiger partial charge in [-0.15, -0.1) is 0 Å². The Kier molecular flexibility index (Phi) is 4.61. The average Bonchev–Trinajstić information content (AvgIpc) is 1.66. The summed E-state index contributed by atoms with van der Waals surface area (Å²) in [6.45, 7) is 0.0562. The van der Waals surface area contributed by atoms with Gasteiger partial charge in [0.2, 0.25) is 5.24 Å². The van der Waals surface area contributed by atoms with Crippen LogP contribution in [0, 0.1) is 0 Å². The lowest BCUT2D eigenvalue weighted by atomic mass is 10.4. The molecule has 8 heavy (non-hydrogen) atoms. The molecule has 0 radical (unpaired) electrons. The van der Waals surface area contributed by atoms with Crippen LogP contribution in [0.4, 0.5) is 0 Å². The molecule has 2 nitrogen and oxygen atoms in total. The highest BCUT2D eigenvalue weighted by molar-refractivity contribution is 6.66. The Balaban J connectivity index is 3.20. The van der Waals surface area contributed by atoms with E-state index in [9.17, 15) is 4.79 Å². The predicted octanol–water partition coefficient (Wildman–Crippen LogP) is 0.690. The van der Waals surface area contributed by atoms with Crippen molar-refractivity contribution in [3.05, 3.63) is 12.2 Å². The Morgan fingerprint density at radius 1 is 1.75 bits per heavy atom. The first-order valence-corrected chi connectivity index (χ1v) is 2.62. The highest BCUT2D eigenvalue weighted by atomic mass is 35.5. The standard InChI is InChI=1S/C5H7ClO2/c6-5(8)3-1-2-4-7/h1,3,7H,2,4H2. The van der Waals surface area contributed by atoms with Crippen LogP contribution in [0.2, 0.25) is 0 Å². The van der Waals surface area contributed by atoms with E-state index in [0.717, 1.165) is 0 Å². The third-order valence-corrected chi connectivity index (χ3v) is 0.671. The molecule has 0 aromatic rings. The first-order valence-electron chi connectivity index (χ1n) is 2.24. The molecule has 0 amide bonds. The van der Waals surface area contributed by atoms with E-state index in [-0.39, 0.29) is 6.61 Å². The number of carbonyl (C=O) groups excluding carboxylic acids is 1. The Labute approximate surface area is 52.8 Å². The zero-order valence-corrected chi connectivity index (χ0v) is 5.06. The minimum Gasteiger partial charge on any atom is -0.396 e. The molecule has 0 aliphatic carbocycles. The van der Waals surface area contributed by atoms with Crippen molar-refractivity contribution in [1.82, 2.24) is 0 Å². The van der Waals surface area contributed by atoms with Gasteiger partial charge < -0.3 is 5.11 Å². The quantitative estimate of drug-likeness (QED) is 0.456. The second-order valence-corrected chi connectivity index (χ2v) is 1.59. The van der Waals surface area contributed by atoms with Gasteiger partial charge in [-0.05, 0) is 24.1 Å². The Morgan fingerprint density at radius 3 is 2.75 bits per heavy atom. The molecule has 0 unspecified atom stereocenters. The summed E-state index contributed by atoms with van der Waals surface area (Å²) in [5, 5.41) is 7.67. The molecule has 0 spiro atoms. The third-order valence-electron chi connectivity index (χ3n) is 0.545. The number of rotatable bonds is 3. The molecule has 0 saturated heterocycles. The molecule has 0 aromatic carbocycles. The molecule has 0 aromatic heterocycles. The molecule has 0 heterocycles. The van der Waals surface area contributed by atoms with Crippen molar-refractivity contribution < 1.29 is 9.90 Å². The lowest BCUT2D eigenvalue weighted by Crippen LogP contribution is -1.78. The maximum Gasteiger partial charge on any atom is 0.244 e. The molecule has 0 atom stereocenters. The van der Waals surface area contributed by atoms with E-state index in [4.69, 9.17) is 16.7 Å². The molecule has 0 aliphatic heterocycles. The largest absolute Gasteiger partial charge is 0.396 e. The van der Waals surface area contributed by atoms with E-state index >= 15 is 0 Å². The molecule has 0 bridgehead atoms. The van der Waals surface area contributed by atoms with Crippen LogP contribution < -0.4 is 0 Å². The van der Waals surface area contributed by atoms with Gasteiger partial charge in [0.25, 0.3) is 0 Å². The molecule has 0 aliphatic rings. The maximum absolute atomic E-state index is 9.92. The number of aliphatic hydroxyl groups excluding tert-OH is 1. The van der Waals surface area contributed by atoms with Crippen LogP contribution in [0.25, 0.3) is 0 Å². The molecular formula is C5H7ClO2. The Hall–Kier alpha value is -0.340. The van der Waals surface area contributed by atoms with Crippen molar-refractivity contribution in [2.45, 2.75) is 6.42 Å². The molecule has 0 saturated carbocycles. The van der Waals surface area contributed by atoms with Crippen molar-refractivity contribution in [3.63, 3.8) is 0 Å². The van der Waals surface area contributed by atoms with Crippen molar-refractivity contribution >= 4 is 16.8 Å². The summed E-state index contributed by atoms with van der Waals surface area (Å²) in [5.41, 5.74) is 0. The fourth-order valence-corrected chi connectivity index (χ4v) is 0.340. The molecule has 0 fully saturated rings. The lowest BCUT2D eigenvalue weighted by Gasteiger charge is -1.78.